The quantitative estimate of drug-likeness (QED) is 0.737. The van der Waals surface area contributed by atoms with Crippen LogP contribution in [0.2, 0.25) is 0 Å². The van der Waals surface area contributed by atoms with Crippen LogP contribution < -0.4 is 4.74 Å². The first kappa shape index (κ1) is 12.6. The van der Waals surface area contributed by atoms with Crippen molar-refractivity contribution >= 4 is 5.97 Å². The van der Waals surface area contributed by atoms with Crippen LogP contribution >= 0.6 is 0 Å². The molecule has 0 saturated carbocycles. The second kappa shape index (κ2) is 4.56. The monoisotopic (exact) mass is 222 g/mol. The molecule has 3 heteroatoms. The number of aryl methyl sites for hydroxylation is 2. The van der Waals surface area contributed by atoms with Gasteiger partial charge in [-0.2, -0.15) is 0 Å². The SMILES string of the molecule is COC(=O)C(C)(C)Oc1c(C)cccc1C. The van der Waals surface area contributed by atoms with Gasteiger partial charge in [-0.1, -0.05) is 18.2 Å². The lowest BCUT2D eigenvalue weighted by Crippen LogP contribution is -2.39. The smallest absolute Gasteiger partial charge is 0.349 e. The average Bonchev–Trinajstić information content (AvgIpc) is 2.22. The van der Waals surface area contributed by atoms with Gasteiger partial charge in [0.05, 0.1) is 7.11 Å². The van der Waals surface area contributed by atoms with Crippen LogP contribution in [0, 0.1) is 13.8 Å². The molecule has 0 fully saturated rings. The average molecular weight is 222 g/mol. The van der Waals surface area contributed by atoms with E-state index >= 15 is 0 Å². The molecule has 0 aliphatic rings. The van der Waals surface area contributed by atoms with Gasteiger partial charge in [0.25, 0.3) is 0 Å². The number of carbonyl (C=O) groups is 1. The molecule has 1 aromatic rings. The normalized spacial score (nSPS) is 11.1. The Bertz CT molecular complexity index is 374. The molecule has 0 atom stereocenters. The first-order valence-electron chi connectivity index (χ1n) is 5.22. The zero-order valence-electron chi connectivity index (χ0n) is 10.5. The Hall–Kier alpha value is -1.51. The van der Waals surface area contributed by atoms with Gasteiger partial charge in [0.1, 0.15) is 5.75 Å². The first-order chi connectivity index (χ1) is 7.38. The molecule has 0 bridgehead atoms. The highest BCUT2D eigenvalue weighted by atomic mass is 16.6. The van der Waals surface area contributed by atoms with Crippen molar-refractivity contribution in [2.24, 2.45) is 0 Å². The zero-order chi connectivity index (χ0) is 12.3. The number of benzene rings is 1. The molecule has 0 aliphatic heterocycles. The summed E-state index contributed by atoms with van der Waals surface area (Å²) in [5.41, 5.74) is 1.06. The molecular formula is C13H18O3. The van der Waals surface area contributed by atoms with E-state index in [0.29, 0.717) is 0 Å². The summed E-state index contributed by atoms with van der Waals surface area (Å²) >= 11 is 0. The van der Waals surface area contributed by atoms with Crippen molar-refractivity contribution in [3.8, 4) is 5.75 Å². The molecule has 0 amide bonds. The maximum atomic E-state index is 11.5. The zero-order valence-corrected chi connectivity index (χ0v) is 10.5. The fourth-order valence-electron chi connectivity index (χ4n) is 1.50. The Morgan fingerprint density at radius 3 is 2.12 bits per heavy atom. The highest BCUT2D eigenvalue weighted by Gasteiger charge is 2.31. The molecule has 88 valence electrons. The Labute approximate surface area is 96.4 Å². The molecule has 0 unspecified atom stereocenters. The van der Waals surface area contributed by atoms with Crippen LogP contribution in [0.4, 0.5) is 0 Å². The van der Waals surface area contributed by atoms with Crippen molar-refractivity contribution in [1.82, 2.24) is 0 Å². The van der Waals surface area contributed by atoms with Gasteiger partial charge in [-0.25, -0.2) is 4.79 Å². The van der Waals surface area contributed by atoms with Gasteiger partial charge in [-0.15, -0.1) is 0 Å². The lowest BCUT2D eigenvalue weighted by Gasteiger charge is -2.25. The van der Waals surface area contributed by atoms with E-state index in [9.17, 15) is 4.79 Å². The molecule has 0 heterocycles. The van der Waals surface area contributed by atoms with Gasteiger partial charge in [-0.3, -0.25) is 0 Å². The van der Waals surface area contributed by atoms with Crippen molar-refractivity contribution in [1.29, 1.82) is 0 Å². The number of hydrogen-bond acceptors (Lipinski definition) is 3. The minimum absolute atomic E-state index is 0.379. The molecule has 0 N–H and O–H groups in total. The summed E-state index contributed by atoms with van der Waals surface area (Å²) in [4.78, 5) is 11.5. The molecule has 16 heavy (non-hydrogen) atoms. The Morgan fingerprint density at radius 1 is 1.19 bits per heavy atom. The van der Waals surface area contributed by atoms with E-state index in [4.69, 9.17) is 9.47 Å². The maximum Gasteiger partial charge on any atom is 0.349 e. The fourth-order valence-corrected chi connectivity index (χ4v) is 1.50. The van der Waals surface area contributed by atoms with Crippen LogP contribution in [0.1, 0.15) is 25.0 Å². The molecule has 3 nitrogen and oxygen atoms in total. The maximum absolute atomic E-state index is 11.5. The number of methoxy groups -OCH3 is 1. The molecule has 1 rings (SSSR count). The molecule has 0 aliphatic carbocycles. The summed E-state index contributed by atoms with van der Waals surface area (Å²) in [5, 5.41) is 0. The van der Waals surface area contributed by atoms with Crippen LogP contribution in [0.15, 0.2) is 18.2 Å². The summed E-state index contributed by atoms with van der Waals surface area (Å²) in [7, 11) is 1.36. The van der Waals surface area contributed by atoms with Gasteiger partial charge in [0.15, 0.2) is 5.60 Å². The van der Waals surface area contributed by atoms with Gasteiger partial charge in [-0.05, 0) is 38.8 Å². The molecule has 0 radical (unpaired) electrons. The van der Waals surface area contributed by atoms with Crippen molar-refractivity contribution in [3.05, 3.63) is 29.3 Å². The summed E-state index contributed by atoms with van der Waals surface area (Å²) < 4.78 is 10.4. The van der Waals surface area contributed by atoms with E-state index in [-0.39, 0.29) is 5.97 Å². The Morgan fingerprint density at radius 2 is 1.69 bits per heavy atom. The van der Waals surface area contributed by atoms with Gasteiger partial charge < -0.3 is 9.47 Å². The van der Waals surface area contributed by atoms with Crippen molar-refractivity contribution in [2.45, 2.75) is 33.3 Å². The molecule has 1 aromatic carbocycles. The third-order valence-electron chi connectivity index (χ3n) is 2.44. The van der Waals surface area contributed by atoms with Gasteiger partial charge >= 0.3 is 5.97 Å². The molecular weight excluding hydrogens is 204 g/mol. The van der Waals surface area contributed by atoms with E-state index in [2.05, 4.69) is 0 Å². The standard InChI is InChI=1S/C13H18O3/c1-9-7-6-8-10(2)11(9)16-13(3,4)12(14)15-5/h6-8H,1-5H3. The number of esters is 1. The predicted octanol–water partition coefficient (Wildman–Crippen LogP) is 2.63. The van der Waals surface area contributed by atoms with Crippen LogP contribution in [0.5, 0.6) is 5.75 Å². The van der Waals surface area contributed by atoms with E-state index < -0.39 is 5.60 Å². The summed E-state index contributed by atoms with van der Waals surface area (Å²) in [6.07, 6.45) is 0. The van der Waals surface area contributed by atoms with Crippen molar-refractivity contribution in [2.75, 3.05) is 7.11 Å². The summed E-state index contributed by atoms with van der Waals surface area (Å²) in [6, 6.07) is 5.87. The predicted molar refractivity (Wildman–Crippen MR) is 62.6 cm³/mol. The third-order valence-corrected chi connectivity index (χ3v) is 2.44. The first-order valence-corrected chi connectivity index (χ1v) is 5.22. The Kier molecular flexibility index (Phi) is 3.58. The molecule has 0 spiro atoms. The number of carbonyl (C=O) groups excluding carboxylic acids is 1. The second-order valence-corrected chi connectivity index (χ2v) is 4.32. The van der Waals surface area contributed by atoms with E-state index in [1.54, 1.807) is 13.8 Å². The number of hydrogen-bond donors (Lipinski definition) is 0. The highest BCUT2D eigenvalue weighted by Crippen LogP contribution is 2.27. The number of ether oxygens (including phenoxy) is 2. The largest absolute Gasteiger partial charge is 0.476 e. The minimum Gasteiger partial charge on any atom is -0.476 e. The van der Waals surface area contributed by atoms with Crippen LogP contribution in [-0.4, -0.2) is 18.7 Å². The third kappa shape index (κ3) is 2.54. The lowest BCUT2D eigenvalue weighted by atomic mass is 10.1. The second-order valence-electron chi connectivity index (χ2n) is 4.32. The summed E-state index contributed by atoms with van der Waals surface area (Å²) in [5.74, 6) is 0.369. The number of rotatable bonds is 3. The number of para-hydroxylation sites is 1. The summed E-state index contributed by atoms with van der Waals surface area (Å²) in [6.45, 7) is 7.31. The van der Waals surface area contributed by atoms with Crippen molar-refractivity contribution in [3.63, 3.8) is 0 Å². The van der Waals surface area contributed by atoms with E-state index in [1.807, 2.05) is 32.0 Å². The van der Waals surface area contributed by atoms with E-state index in [0.717, 1.165) is 16.9 Å². The van der Waals surface area contributed by atoms with Crippen LogP contribution in [-0.2, 0) is 9.53 Å². The fraction of sp³-hybridized carbons (Fsp3) is 0.462. The van der Waals surface area contributed by atoms with E-state index in [1.165, 1.54) is 7.11 Å². The highest BCUT2D eigenvalue weighted by molar-refractivity contribution is 5.79. The van der Waals surface area contributed by atoms with Gasteiger partial charge in [0, 0.05) is 0 Å². The topological polar surface area (TPSA) is 35.5 Å². The molecule has 0 saturated heterocycles. The van der Waals surface area contributed by atoms with Crippen molar-refractivity contribution < 1.29 is 14.3 Å². The lowest BCUT2D eigenvalue weighted by molar-refractivity contribution is -0.156. The molecule has 0 aromatic heterocycles. The Balaban J connectivity index is 3.00. The minimum atomic E-state index is -0.967. The van der Waals surface area contributed by atoms with Crippen LogP contribution in [0.25, 0.3) is 0 Å². The van der Waals surface area contributed by atoms with Gasteiger partial charge in [0.2, 0.25) is 0 Å². The van der Waals surface area contributed by atoms with Crippen LogP contribution in [0.3, 0.4) is 0 Å².